The maximum absolute atomic E-state index is 14.9. The van der Waals surface area contributed by atoms with Gasteiger partial charge in [-0.15, -0.1) is 0 Å². The summed E-state index contributed by atoms with van der Waals surface area (Å²) in [4.78, 5) is 77.3. The first-order valence-corrected chi connectivity index (χ1v) is 22.7. The number of halogens is 2. The number of amides is 5. The largest absolute Gasteiger partial charge is 0.495 e. The van der Waals surface area contributed by atoms with Crippen LogP contribution < -0.4 is 19.9 Å². The SMILES string of the molecule is COc1cn2ccnc2cc1-c1ccc(N(C)c2nn(C3CCC(CN4CCN(c5ccc6c(c5)C(=O)N(C5CCC(=O)NC5=O)C6=O)CC4)CC3)c3c2CN(C(C)=O)CC3)cc1C(F)F. The van der Waals surface area contributed by atoms with E-state index in [9.17, 15) is 32.8 Å². The number of methoxy groups -OCH3 is 1. The molecule has 10 rings (SSSR count). The summed E-state index contributed by atoms with van der Waals surface area (Å²) >= 11 is 0. The normalized spacial score (nSPS) is 21.4. The first kappa shape index (κ1) is 43.2. The van der Waals surface area contributed by atoms with Crippen LogP contribution in [0.2, 0.25) is 0 Å². The van der Waals surface area contributed by atoms with Crippen LogP contribution in [0.3, 0.4) is 0 Å². The highest BCUT2D eigenvalue weighted by Gasteiger charge is 2.45. The molecule has 4 aliphatic heterocycles. The van der Waals surface area contributed by atoms with Crippen molar-refractivity contribution in [3.63, 3.8) is 0 Å². The van der Waals surface area contributed by atoms with Crippen LogP contribution in [-0.4, -0.2) is 123 Å². The zero-order valence-corrected chi connectivity index (χ0v) is 37.2. The number of hydrogen-bond acceptors (Lipinski definition) is 11. The number of imide groups is 2. The van der Waals surface area contributed by atoms with Gasteiger partial charge in [0.25, 0.3) is 18.2 Å². The molecule has 18 heteroatoms. The molecule has 0 spiro atoms. The summed E-state index contributed by atoms with van der Waals surface area (Å²) in [7, 11) is 3.36. The molecule has 2 aromatic carbocycles. The molecular formula is C48H52F2N10O6. The number of ether oxygens (including phenoxy) is 1. The highest BCUT2D eigenvalue weighted by molar-refractivity contribution is 6.23. The van der Waals surface area contributed by atoms with Crippen LogP contribution in [0.25, 0.3) is 16.8 Å². The molecule has 5 aliphatic rings. The number of carbonyl (C=O) groups excluding carboxylic acids is 5. The third-order valence-corrected chi connectivity index (χ3v) is 14.3. The van der Waals surface area contributed by atoms with Gasteiger partial charge < -0.3 is 23.8 Å². The number of anilines is 3. The van der Waals surface area contributed by atoms with Gasteiger partial charge in [-0.25, -0.2) is 13.8 Å². The third-order valence-electron chi connectivity index (χ3n) is 14.3. The standard InChI is InChI=1S/C48H52F2N10O6/c1-28(61)57-16-14-39-38(26-57)45(54(2)31-8-10-33(36(22-31)44(49)50)35-24-42-51-15-17-58(42)27-41(35)66-3)53-60(39)30-6-4-29(5-7-30)25-55-18-20-56(21-19-55)32-9-11-34-37(23-32)48(65)59(47(34)64)40-12-13-43(62)52-46(40)63/h8-11,15,17,22-24,27,29-30,40,44H,4-7,12-14,16,18-21,25-26H2,1-3H3,(H,52,62,63). The van der Waals surface area contributed by atoms with Crippen LogP contribution in [0.5, 0.6) is 5.75 Å². The molecule has 344 valence electrons. The van der Waals surface area contributed by atoms with Crippen molar-refractivity contribution in [2.24, 2.45) is 5.92 Å². The van der Waals surface area contributed by atoms with Gasteiger partial charge in [0.1, 0.15) is 17.4 Å². The summed E-state index contributed by atoms with van der Waals surface area (Å²) in [5.41, 5.74) is 5.37. The number of imidazole rings is 1. The van der Waals surface area contributed by atoms with Gasteiger partial charge in [-0.2, -0.15) is 5.10 Å². The van der Waals surface area contributed by atoms with Crippen molar-refractivity contribution in [2.45, 2.75) is 76.9 Å². The molecule has 1 atom stereocenters. The van der Waals surface area contributed by atoms with Gasteiger partial charge in [0.15, 0.2) is 5.82 Å². The fourth-order valence-corrected chi connectivity index (χ4v) is 10.7. The van der Waals surface area contributed by atoms with E-state index in [2.05, 4.69) is 24.8 Å². The Morgan fingerprint density at radius 3 is 2.38 bits per heavy atom. The smallest absolute Gasteiger partial charge is 0.264 e. The molecule has 1 N–H and O–H groups in total. The van der Waals surface area contributed by atoms with Crippen LogP contribution in [0, 0.1) is 5.92 Å². The number of alkyl halides is 2. The molecule has 7 heterocycles. The number of nitrogens with one attached hydrogen (secondary N) is 1. The minimum absolute atomic E-state index is 0.0201. The second kappa shape index (κ2) is 17.3. The molecule has 5 aromatic rings. The molecule has 16 nitrogen and oxygen atoms in total. The fourth-order valence-electron chi connectivity index (χ4n) is 10.7. The number of pyridine rings is 1. The van der Waals surface area contributed by atoms with Gasteiger partial charge in [0.2, 0.25) is 17.7 Å². The average Bonchev–Trinajstić information content (AvgIpc) is 4.02. The number of piperazine rings is 1. The third kappa shape index (κ3) is 7.73. The van der Waals surface area contributed by atoms with E-state index in [4.69, 9.17) is 9.84 Å². The number of hydrogen-bond donors (Lipinski definition) is 1. The van der Waals surface area contributed by atoms with Crippen LogP contribution in [0.15, 0.2) is 61.1 Å². The highest BCUT2D eigenvalue weighted by atomic mass is 19.3. The molecule has 2 saturated heterocycles. The first-order chi connectivity index (χ1) is 31.9. The number of nitrogens with zero attached hydrogens (tertiary/aromatic N) is 9. The topological polar surface area (TPSA) is 158 Å². The van der Waals surface area contributed by atoms with Gasteiger partial charge in [0.05, 0.1) is 37.0 Å². The molecule has 0 bridgehead atoms. The quantitative estimate of drug-likeness (QED) is 0.170. The van der Waals surface area contributed by atoms with Crippen LogP contribution in [0.1, 0.15) is 95.5 Å². The number of aromatic nitrogens is 4. The molecule has 1 unspecified atom stereocenters. The Kier molecular flexibility index (Phi) is 11.3. The van der Waals surface area contributed by atoms with E-state index in [1.807, 2.05) is 29.0 Å². The van der Waals surface area contributed by atoms with Gasteiger partial charge in [-0.05, 0) is 80.0 Å². The van der Waals surface area contributed by atoms with Gasteiger partial charge in [0, 0.05) is 112 Å². The lowest BCUT2D eigenvalue weighted by atomic mass is 9.85. The Hall–Kier alpha value is -6.69. The molecule has 5 amide bonds. The van der Waals surface area contributed by atoms with Crippen molar-refractivity contribution in [3.05, 3.63) is 89.0 Å². The number of benzene rings is 2. The summed E-state index contributed by atoms with van der Waals surface area (Å²) in [5, 5.41) is 7.48. The molecule has 66 heavy (non-hydrogen) atoms. The van der Waals surface area contributed by atoms with Crippen LogP contribution >= 0.6 is 0 Å². The van der Waals surface area contributed by atoms with Crippen molar-refractivity contribution in [3.8, 4) is 16.9 Å². The predicted octanol–water partition coefficient (Wildman–Crippen LogP) is 5.77. The van der Waals surface area contributed by atoms with E-state index in [0.717, 1.165) is 80.3 Å². The maximum atomic E-state index is 14.9. The van der Waals surface area contributed by atoms with Gasteiger partial charge in [-0.3, -0.25) is 43.8 Å². The number of rotatable bonds is 10. The summed E-state index contributed by atoms with van der Waals surface area (Å²) in [5.74, 6) is -0.444. The maximum Gasteiger partial charge on any atom is 0.264 e. The van der Waals surface area contributed by atoms with Crippen molar-refractivity contribution in [2.75, 3.05) is 63.2 Å². The minimum Gasteiger partial charge on any atom is -0.495 e. The van der Waals surface area contributed by atoms with E-state index in [-0.39, 0.29) is 41.5 Å². The monoisotopic (exact) mass is 902 g/mol. The molecular weight excluding hydrogens is 851 g/mol. The number of piperidine rings is 1. The summed E-state index contributed by atoms with van der Waals surface area (Å²) in [6.45, 7) is 6.75. The van der Waals surface area contributed by atoms with E-state index in [0.29, 0.717) is 59.5 Å². The lowest BCUT2D eigenvalue weighted by Gasteiger charge is -2.39. The van der Waals surface area contributed by atoms with Crippen molar-refractivity contribution < 1.29 is 37.5 Å². The second-order valence-corrected chi connectivity index (χ2v) is 18.1. The number of carbonyl (C=O) groups is 5. The summed E-state index contributed by atoms with van der Waals surface area (Å²) in [6, 6.07) is 11.3. The molecule has 1 aliphatic carbocycles. The van der Waals surface area contributed by atoms with E-state index in [1.165, 1.54) is 13.2 Å². The lowest BCUT2D eigenvalue weighted by Crippen LogP contribution is -2.54. The first-order valence-electron chi connectivity index (χ1n) is 22.7. The summed E-state index contributed by atoms with van der Waals surface area (Å²) in [6.07, 6.45) is 7.19. The molecule has 1 saturated carbocycles. The van der Waals surface area contributed by atoms with Crippen LogP contribution in [0.4, 0.5) is 26.0 Å². The molecule has 0 radical (unpaired) electrons. The Bertz CT molecular complexity index is 2770. The van der Waals surface area contributed by atoms with Crippen molar-refractivity contribution in [1.29, 1.82) is 0 Å². The van der Waals surface area contributed by atoms with Crippen LogP contribution in [-0.2, 0) is 27.3 Å². The van der Waals surface area contributed by atoms with E-state index < -0.39 is 36.1 Å². The van der Waals surface area contributed by atoms with Crippen molar-refractivity contribution in [1.82, 2.24) is 39.2 Å². The Morgan fingerprint density at radius 1 is 0.894 bits per heavy atom. The zero-order chi connectivity index (χ0) is 46.0. The Labute approximate surface area is 380 Å². The average molecular weight is 903 g/mol. The second-order valence-electron chi connectivity index (χ2n) is 18.1. The van der Waals surface area contributed by atoms with Gasteiger partial charge in [-0.1, -0.05) is 6.07 Å². The van der Waals surface area contributed by atoms with Crippen molar-refractivity contribution >= 4 is 52.4 Å². The summed E-state index contributed by atoms with van der Waals surface area (Å²) < 4.78 is 39.4. The van der Waals surface area contributed by atoms with E-state index in [1.54, 1.807) is 54.2 Å². The predicted molar refractivity (Wildman–Crippen MR) is 240 cm³/mol. The Balaban J connectivity index is 0.802. The highest BCUT2D eigenvalue weighted by Crippen LogP contribution is 2.43. The molecule has 3 aromatic heterocycles. The zero-order valence-electron chi connectivity index (χ0n) is 37.2. The molecule has 3 fully saturated rings. The Morgan fingerprint density at radius 2 is 1.65 bits per heavy atom. The lowest BCUT2D eigenvalue weighted by molar-refractivity contribution is -0.136. The van der Waals surface area contributed by atoms with Gasteiger partial charge >= 0.3 is 0 Å². The van der Waals surface area contributed by atoms with E-state index >= 15 is 0 Å². The fraction of sp³-hybridized carbons (Fsp3) is 0.438. The number of fused-ring (bicyclic) bond motifs is 3. The minimum atomic E-state index is -2.76.